The molecule has 0 aliphatic carbocycles. The summed E-state index contributed by atoms with van der Waals surface area (Å²) in [4.78, 5) is 60.4. The number of ether oxygens (including phenoxy) is 4. The quantitative estimate of drug-likeness (QED) is 0.0517. The minimum absolute atomic E-state index is 0.178. The molecular formula is C52H66N4O8. The Hall–Kier alpha value is -5.72. The first-order valence-corrected chi connectivity index (χ1v) is 23.2. The Labute approximate surface area is 378 Å². The smallest absolute Gasteiger partial charge is 0.313 e. The highest BCUT2D eigenvalue weighted by Crippen LogP contribution is 2.56. The van der Waals surface area contributed by atoms with E-state index in [9.17, 15) is 9.59 Å². The summed E-state index contributed by atoms with van der Waals surface area (Å²) in [5.74, 6) is -3.25. The molecule has 2 heterocycles. The zero-order valence-electron chi connectivity index (χ0n) is 37.9. The van der Waals surface area contributed by atoms with Crippen molar-refractivity contribution in [3.63, 3.8) is 0 Å². The van der Waals surface area contributed by atoms with Crippen LogP contribution in [0.1, 0.15) is 114 Å². The van der Waals surface area contributed by atoms with E-state index in [1.54, 1.807) is 72.8 Å². The summed E-state index contributed by atoms with van der Waals surface area (Å²) in [6, 6.07) is 28.2. The predicted octanol–water partition coefficient (Wildman–Crippen LogP) is 10.1. The molecule has 2 saturated heterocycles. The van der Waals surface area contributed by atoms with Gasteiger partial charge in [0.1, 0.15) is 35.4 Å². The molecule has 4 aromatic rings. The first kappa shape index (κ1) is 47.8. The number of esters is 2. The second-order valence-electron chi connectivity index (χ2n) is 16.7. The van der Waals surface area contributed by atoms with Crippen molar-refractivity contribution in [2.75, 3.05) is 38.1 Å². The van der Waals surface area contributed by atoms with Gasteiger partial charge in [0.15, 0.2) is 0 Å². The van der Waals surface area contributed by atoms with Gasteiger partial charge < -0.3 is 29.6 Å². The molecule has 342 valence electrons. The van der Waals surface area contributed by atoms with Crippen LogP contribution in [0.3, 0.4) is 0 Å². The third-order valence-corrected chi connectivity index (χ3v) is 12.3. The van der Waals surface area contributed by atoms with Gasteiger partial charge in [0.25, 0.3) is 0 Å². The number of hydrazine groups is 1. The minimum Gasteiger partial charge on any atom is -0.497 e. The fourth-order valence-electron chi connectivity index (χ4n) is 9.11. The van der Waals surface area contributed by atoms with E-state index < -0.39 is 59.8 Å². The average molecular weight is 875 g/mol. The van der Waals surface area contributed by atoms with Crippen LogP contribution in [0.15, 0.2) is 109 Å². The summed E-state index contributed by atoms with van der Waals surface area (Å²) in [5, 5.41) is 9.73. The molecule has 2 aliphatic heterocycles. The number of hydrogen-bond donors (Lipinski definition) is 2. The zero-order chi connectivity index (χ0) is 45.3. The van der Waals surface area contributed by atoms with Gasteiger partial charge in [0.05, 0.1) is 39.5 Å². The van der Waals surface area contributed by atoms with Crippen LogP contribution in [0.25, 0.3) is 0 Å². The molecule has 2 fully saturated rings. The molecule has 0 saturated carbocycles. The van der Waals surface area contributed by atoms with Crippen molar-refractivity contribution in [3.05, 3.63) is 120 Å². The minimum atomic E-state index is -1.25. The van der Waals surface area contributed by atoms with Gasteiger partial charge in [-0.3, -0.25) is 19.2 Å². The Morgan fingerprint density at radius 2 is 0.812 bits per heavy atom. The van der Waals surface area contributed by atoms with E-state index in [0.29, 0.717) is 46.8 Å². The summed E-state index contributed by atoms with van der Waals surface area (Å²) >= 11 is 0. The molecule has 6 rings (SSSR count). The van der Waals surface area contributed by atoms with E-state index in [1.165, 1.54) is 0 Å². The standard InChI is InChI=1S/C52H66N4O8/c1-5-7-9-11-13-21-35-63-51(59)43-45(37-27-31-41(61-3)32-28-37)55-48(50(58)54-40-25-19-16-20-26-40)44(52(60)64-36-22-14-12-10-8-6-2)46(38-29-33-42(62-4)34-30-38)56(55)47(43)49(57)53-39-23-17-15-18-24-39/h15-20,23-34,43-48H,5-14,21-22,35-36H2,1-4H3,(H,53,57)(H,54,58)/t43-,44-,45-,46+,47+,48+/m0/s1. The van der Waals surface area contributed by atoms with Crippen LogP contribution in [0.2, 0.25) is 0 Å². The first-order valence-electron chi connectivity index (χ1n) is 23.2. The van der Waals surface area contributed by atoms with Crippen LogP contribution in [-0.4, -0.2) is 73.3 Å². The molecule has 2 N–H and O–H groups in total. The molecule has 6 atom stereocenters. The van der Waals surface area contributed by atoms with Crippen LogP contribution in [-0.2, 0) is 28.7 Å². The predicted molar refractivity (Wildman–Crippen MR) is 249 cm³/mol. The van der Waals surface area contributed by atoms with Gasteiger partial charge in [-0.05, 0) is 72.5 Å². The number of nitrogens with one attached hydrogen (secondary N) is 2. The highest BCUT2D eigenvalue weighted by Gasteiger charge is 2.68. The first-order chi connectivity index (χ1) is 31.3. The number of para-hydroxylation sites is 2. The van der Waals surface area contributed by atoms with E-state index in [2.05, 4.69) is 24.5 Å². The van der Waals surface area contributed by atoms with Crippen molar-refractivity contribution in [2.24, 2.45) is 11.8 Å². The maximum Gasteiger partial charge on any atom is 0.313 e. The number of anilines is 2. The second-order valence-corrected chi connectivity index (χ2v) is 16.7. The van der Waals surface area contributed by atoms with Gasteiger partial charge in [0, 0.05) is 11.4 Å². The highest BCUT2D eigenvalue weighted by molar-refractivity contribution is 6.01. The SMILES string of the molecule is CCCCCCCCOC(=O)[C@@H]1[C@H](C(=O)Nc2ccccc2)N2[C@H](c3ccc(OC)cc3)[C@H](C(=O)OCCCCCCCC)[C@H](C(=O)Nc3ccccc3)N2[C@H]1c1ccc(OC)cc1. The molecule has 2 aliphatic rings. The zero-order valence-corrected chi connectivity index (χ0v) is 37.9. The lowest BCUT2D eigenvalue weighted by Crippen LogP contribution is -2.49. The number of amides is 2. The highest BCUT2D eigenvalue weighted by atomic mass is 16.5. The number of carbonyl (C=O) groups excluding carboxylic acids is 4. The molecule has 12 heteroatoms. The molecular weight excluding hydrogens is 809 g/mol. The fraction of sp³-hybridized carbons (Fsp3) is 0.462. The normalized spacial score (nSPS) is 20.6. The van der Waals surface area contributed by atoms with Crippen molar-refractivity contribution < 1.29 is 38.1 Å². The molecule has 0 radical (unpaired) electrons. The second kappa shape index (κ2) is 24.4. The maximum atomic E-state index is 15.2. The number of carbonyl (C=O) groups is 4. The number of benzene rings is 4. The molecule has 0 aromatic heterocycles. The Bertz CT molecular complexity index is 1920. The average Bonchev–Trinajstić information content (AvgIpc) is 3.85. The Balaban J connectivity index is 1.51. The van der Waals surface area contributed by atoms with E-state index in [-0.39, 0.29) is 13.2 Å². The number of methoxy groups -OCH3 is 2. The van der Waals surface area contributed by atoms with Crippen molar-refractivity contribution in [2.45, 2.75) is 115 Å². The van der Waals surface area contributed by atoms with Gasteiger partial charge in [-0.2, -0.15) is 0 Å². The van der Waals surface area contributed by atoms with E-state index in [0.717, 1.165) is 64.2 Å². The van der Waals surface area contributed by atoms with Gasteiger partial charge in [-0.25, -0.2) is 10.0 Å². The lowest BCUT2D eigenvalue weighted by Gasteiger charge is -2.33. The molecule has 0 spiro atoms. The lowest BCUT2D eigenvalue weighted by molar-refractivity contribution is -0.154. The number of hydrogen-bond acceptors (Lipinski definition) is 10. The number of fused-ring (bicyclic) bond motifs is 1. The van der Waals surface area contributed by atoms with Crippen molar-refractivity contribution >= 4 is 35.1 Å². The molecule has 64 heavy (non-hydrogen) atoms. The largest absolute Gasteiger partial charge is 0.497 e. The van der Waals surface area contributed by atoms with E-state index >= 15 is 9.59 Å². The van der Waals surface area contributed by atoms with Gasteiger partial charge in [-0.1, -0.05) is 139 Å². The summed E-state index contributed by atoms with van der Waals surface area (Å²) in [5.41, 5.74) is 2.32. The van der Waals surface area contributed by atoms with Crippen molar-refractivity contribution in [1.29, 1.82) is 0 Å². The Kier molecular flexibility index (Phi) is 18.2. The topological polar surface area (TPSA) is 136 Å². The van der Waals surface area contributed by atoms with Crippen LogP contribution in [0.5, 0.6) is 11.5 Å². The third-order valence-electron chi connectivity index (χ3n) is 12.3. The summed E-state index contributed by atoms with van der Waals surface area (Å²) in [7, 11) is 3.15. The molecule has 12 nitrogen and oxygen atoms in total. The van der Waals surface area contributed by atoms with Crippen molar-refractivity contribution in [3.8, 4) is 11.5 Å². The molecule has 0 unspecified atom stereocenters. The van der Waals surface area contributed by atoms with Crippen molar-refractivity contribution in [1.82, 2.24) is 10.0 Å². The fourth-order valence-corrected chi connectivity index (χ4v) is 9.11. The third kappa shape index (κ3) is 11.9. The number of nitrogens with zero attached hydrogens (tertiary/aromatic N) is 2. The van der Waals surface area contributed by atoms with Gasteiger partial charge in [-0.15, -0.1) is 0 Å². The Morgan fingerprint density at radius 3 is 1.16 bits per heavy atom. The number of rotatable bonds is 24. The van der Waals surface area contributed by atoms with E-state index in [4.69, 9.17) is 18.9 Å². The van der Waals surface area contributed by atoms with Gasteiger partial charge in [0.2, 0.25) is 11.8 Å². The van der Waals surface area contributed by atoms with Crippen LogP contribution in [0.4, 0.5) is 11.4 Å². The van der Waals surface area contributed by atoms with Crippen LogP contribution >= 0.6 is 0 Å². The number of unbranched alkanes of at least 4 members (excludes halogenated alkanes) is 10. The summed E-state index contributed by atoms with van der Waals surface area (Å²) < 4.78 is 23.4. The summed E-state index contributed by atoms with van der Waals surface area (Å²) in [6.07, 6.45) is 12.0. The maximum absolute atomic E-state index is 15.2. The Morgan fingerprint density at radius 1 is 0.469 bits per heavy atom. The lowest BCUT2D eigenvalue weighted by atomic mass is 9.81. The van der Waals surface area contributed by atoms with Crippen LogP contribution < -0.4 is 20.1 Å². The van der Waals surface area contributed by atoms with Gasteiger partial charge >= 0.3 is 11.9 Å². The molecule has 0 bridgehead atoms. The summed E-state index contributed by atoms with van der Waals surface area (Å²) in [6.45, 7) is 4.70. The monoisotopic (exact) mass is 874 g/mol. The molecule has 2 amide bonds. The van der Waals surface area contributed by atoms with Crippen LogP contribution in [0, 0.1) is 11.8 Å². The molecule has 4 aromatic carbocycles. The van der Waals surface area contributed by atoms with E-state index in [1.807, 2.05) is 60.7 Å².